The lowest BCUT2D eigenvalue weighted by molar-refractivity contribution is 0.0268. The Hall–Kier alpha value is -1.62. The van der Waals surface area contributed by atoms with Gasteiger partial charge in [0.2, 0.25) is 0 Å². The fourth-order valence-corrected chi connectivity index (χ4v) is 2.48. The monoisotopic (exact) mass is 249 g/mol. The molecule has 2 atom stereocenters. The number of nitrogen functional groups attached to an aromatic ring is 1. The van der Waals surface area contributed by atoms with E-state index >= 15 is 0 Å². The normalized spacial score (nSPS) is 23.7. The average molecular weight is 249 g/mol. The van der Waals surface area contributed by atoms with Crippen molar-refractivity contribution in [1.82, 2.24) is 9.88 Å². The summed E-state index contributed by atoms with van der Waals surface area (Å²) in [4.78, 5) is 17.8. The number of amides is 1. The van der Waals surface area contributed by atoms with Gasteiger partial charge in [0.25, 0.3) is 5.91 Å². The van der Waals surface area contributed by atoms with E-state index in [-0.39, 0.29) is 17.8 Å². The highest BCUT2D eigenvalue weighted by Gasteiger charge is 2.30. The number of hydrogen-bond acceptors (Lipinski definition) is 4. The first-order chi connectivity index (χ1) is 8.61. The predicted octanol–water partition coefficient (Wildman–Crippen LogP) is 1.04. The Morgan fingerprint density at radius 3 is 2.89 bits per heavy atom. The number of aliphatic hydroxyl groups is 1. The molecule has 1 fully saturated rings. The molecule has 2 unspecified atom stereocenters. The standard InChI is InChI=1S/C13H19N3O2/c1-16(10-6-2-3-7-11(10)17)13(18)9-5-4-8-15-12(9)14/h4-5,8,10-11,17H,2-3,6-7H2,1H3,(H2,14,15). The number of rotatable bonds is 2. The molecule has 1 aliphatic carbocycles. The molecule has 1 amide bonds. The van der Waals surface area contributed by atoms with Crippen LogP contribution in [0.2, 0.25) is 0 Å². The lowest BCUT2D eigenvalue weighted by Gasteiger charge is -2.35. The van der Waals surface area contributed by atoms with Crippen LogP contribution in [0.3, 0.4) is 0 Å². The van der Waals surface area contributed by atoms with Crippen molar-refractivity contribution in [3.05, 3.63) is 23.9 Å². The minimum atomic E-state index is -0.439. The van der Waals surface area contributed by atoms with Gasteiger partial charge >= 0.3 is 0 Å². The molecule has 2 rings (SSSR count). The number of pyridine rings is 1. The molecule has 5 nitrogen and oxygen atoms in total. The van der Waals surface area contributed by atoms with Gasteiger partial charge in [-0.05, 0) is 25.0 Å². The average Bonchev–Trinajstić information content (AvgIpc) is 2.38. The molecule has 5 heteroatoms. The van der Waals surface area contributed by atoms with E-state index in [1.165, 1.54) is 0 Å². The van der Waals surface area contributed by atoms with Gasteiger partial charge in [-0.15, -0.1) is 0 Å². The van der Waals surface area contributed by atoms with Gasteiger partial charge < -0.3 is 15.7 Å². The molecule has 0 aliphatic heterocycles. The van der Waals surface area contributed by atoms with Crippen LogP contribution >= 0.6 is 0 Å². The van der Waals surface area contributed by atoms with Crippen LogP contribution in [0.1, 0.15) is 36.0 Å². The van der Waals surface area contributed by atoms with Crippen LogP contribution in [0.15, 0.2) is 18.3 Å². The third-order valence-electron chi connectivity index (χ3n) is 3.58. The Morgan fingerprint density at radius 1 is 1.50 bits per heavy atom. The minimum absolute atomic E-state index is 0.120. The van der Waals surface area contributed by atoms with Crippen molar-refractivity contribution in [3.8, 4) is 0 Å². The number of carbonyl (C=O) groups is 1. The second-order valence-electron chi connectivity index (χ2n) is 4.77. The van der Waals surface area contributed by atoms with Gasteiger partial charge in [0, 0.05) is 13.2 Å². The van der Waals surface area contributed by atoms with Crippen molar-refractivity contribution in [2.24, 2.45) is 0 Å². The summed E-state index contributed by atoms with van der Waals surface area (Å²) in [6.07, 6.45) is 4.78. The van der Waals surface area contributed by atoms with Crippen LogP contribution < -0.4 is 5.73 Å². The summed E-state index contributed by atoms with van der Waals surface area (Å²) in [6, 6.07) is 3.23. The Labute approximate surface area is 107 Å². The van der Waals surface area contributed by atoms with Crippen LogP contribution in [0.5, 0.6) is 0 Å². The van der Waals surface area contributed by atoms with E-state index in [1.54, 1.807) is 30.3 Å². The molecule has 18 heavy (non-hydrogen) atoms. The molecule has 0 spiro atoms. The van der Waals surface area contributed by atoms with Gasteiger partial charge in [-0.3, -0.25) is 4.79 Å². The number of anilines is 1. The molecular formula is C13H19N3O2. The summed E-state index contributed by atoms with van der Waals surface area (Å²) in [5, 5.41) is 9.96. The molecule has 1 aromatic heterocycles. The highest BCUT2D eigenvalue weighted by molar-refractivity contribution is 5.98. The molecule has 98 valence electrons. The molecule has 0 aromatic carbocycles. The maximum Gasteiger partial charge on any atom is 0.257 e. The highest BCUT2D eigenvalue weighted by atomic mass is 16.3. The first-order valence-corrected chi connectivity index (χ1v) is 6.27. The largest absolute Gasteiger partial charge is 0.391 e. The summed E-state index contributed by atoms with van der Waals surface area (Å²) >= 11 is 0. The number of hydrogen-bond donors (Lipinski definition) is 2. The summed E-state index contributed by atoms with van der Waals surface area (Å²) in [6.45, 7) is 0. The van der Waals surface area contributed by atoms with Crippen molar-refractivity contribution in [1.29, 1.82) is 0 Å². The summed E-state index contributed by atoms with van der Waals surface area (Å²) in [5.41, 5.74) is 6.10. The number of aromatic nitrogens is 1. The van der Waals surface area contributed by atoms with Gasteiger partial charge in [0.1, 0.15) is 5.82 Å². The molecule has 3 N–H and O–H groups in total. The lowest BCUT2D eigenvalue weighted by atomic mass is 9.91. The van der Waals surface area contributed by atoms with E-state index in [9.17, 15) is 9.90 Å². The second-order valence-corrected chi connectivity index (χ2v) is 4.77. The first-order valence-electron chi connectivity index (χ1n) is 6.27. The second kappa shape index (κ2) is 5.35. The van der Waals surface area contributed by atoms with Gasteiger partial charge in [-0.2, -0.15) is 0 Å². The summed E-state index contributed by atoms with van der Waals surface area (Å²) in [5.74, 6) is 0.0613. The van der Waals surface area contributed by atoms with E-state index in [2.05, 4.69) is 4.98 Å². The third-order valence-corrected chi connectivity index (χ3v) is 3.58. The number of nitrogens with zero attached hydrogens (tertiary/aromatic N) is 2. The van der Waals surface area contributed by atoms with Gasteiger partial charge in [0.15, 0.2) is 0 Å². The minimum Gasteiger partial charge on any atom is -0.391 e. The molecular weight excluding hydrogens is 230 g/mol. The van der Waals surface area contributed by atoms with Crippen LogP contribution in [0, 0.1) is 0 Å². The SMILES string of the molecule is CN(C(=O)c1cccnc1N)C1CCCCC1O. The van der Waals surface area contributed by atoms with Gasteiger partial charge in [0.05, 0.1) is 17.7 Å². The van der Waals surface area contributed by atoms with Crippen molar-refractivity contribution in [2.75, 3.05) is 12.8 Å². The van der Waals surface area contributed by atoms with Gasteiger partial charge in [-0.25, -0.2) is 4.98 Å². The van der Waals surface area contributed by atoms with Crippen LogP contribution in [-0.2, 0) is 0 Å². The lowest BCUT2D eigenvalue weighted by Crippen LogP contribution is -2.46. The number of aliphatic hydroxyl groups excluding tert-OH is 1. The maximum absolute atomic E-state index is 12.3. The zero-order valence-electron chi connectivity index (χ0n) is 10.5. The summed E-state index contributed by atoms with van der Waals surface area (Å²) in [7, 11) is 1.72. The van der Waals surface area contributed by atoms with Crippen molar-refractivity contribution < 1.29 is 9.90 Å². The van der Waals surface area contributed by atoms with Crippen molar-refractivity contribution in [2.45, 2.75) is 37.8 Å². The van der Waals surface area contributed by atoms with Gasteiger partial charge in [-0.1, -0.05) is 12.8 Å². The number of likely N-dealkylation sites (N-methyl/N-ethyl adjacent to an activating group) is 1. The molecule has 1 aliphatic rings. The predicted molar refractivity (Wildman–Crippen MR) is 69.0 cm³/mol. The summed E-state index contributed by atoms with van der Waals surface area (Å²) < 4.78 is 0. The van der Waals surface area contributed by atoms with E-state index in [0.29, 0.717) is 5.56 Å². The molecule has 0 radical (unpaired) electrons. The smallest absolute Gasteiger partial charge is 0.257 e. The van der Waals surface area contributed by atoms with E-state index in [0.717, 1.165) is 25.7 Å². The van der Waals surface area contributed by atoms with E-state index in [1.807, 2.05) is 0 Å². The Bertz CT molecular complexity index is 436. The number of nitrogens with two attached hydrogens (primary N) is 1. The highest BCUT2D eigenvalue weighted by Crippen LogP contribution is 2.24. The number of carbonyl (C=O) groups excluding carboxylic acids is 1. The van der Waals surface area contributed by atoms with Crippen LogP contribution in [0.25, 0.3) is 0 Å². The molecule has 1 aromatic rings. The zero-order valence-corrected chi connectivity index (χ0v) is 10.5. The van der Waals surface area contributed by atoms with E-state index < -0.39 is 6.10 Å². The van der Waals surface area contributed by atoms with Crippen molar-refractivity contribution in [3.63, 3.8) is 0 Å². The Kier molecular flexibility index (Phi) is 3.81. The molecule has 0 bridgehead atoms. The first kappa shape index (κ1) is 12.8. The maximum atomic E-state index is 12.3. The Balaban J connectivity index is 2.16. The van der Waals surface area contributed by atoms with Crippen LogP contribution in [0.4, 0.5) is 5.82 Å². The zero-order chi connectivity index (χ0) is 13.1. The fourth-order valence-electron chi connectivity index (χ4n) is 2.48. The van der Waals surface area contributed by atoms with E-state index in [4.69, 9.17) is 5.73 Å². The molecule has 0 saturated heterocycles. The Morgan fingerprint density at radius 2 is 2.22 bits per heavy atom. The third kappa shape index (κ3) is 2.46. The fraction of sp³-hybridized carbons (Fsp3) is 0.538. The quantitative estimate of drug-likeness (QED) is 0.820. The van der Waals surface area contributed by atoms with Crippen molar-refractivity contribution >= 4 is 11.7 Å². The van der Waals surface area contributed by atoms with Crippen LogP contribution in [-0.4, -0.2) is 40.1 Å². The molecule has 1 saturated carbocycles. The molecule has 1 heterocycles. The topological polar surface area (TPSA) is 79.5 Å².